The summed E-state index contributed by atoms with van der Waals surface area (Å²) in [4.78, 5) is 0. The third-order valence-corrected chi connectivity index (χ3v) is 3.69. The first kappa shape index (κ1) is 13.3. The molecule has 1 unspecified atom stereocenters. The highest BCUT2D eigenvalue weighted by Crippen LogP contribution is 2.14. The van der Waals surface area contributed by atoms with E-state index in [0.29, 0.717) is 6.04 Å². The fourth-order valence-electron chi connectivity index (χ4n) is 1.98. The topological polar surface area (TPSA) is 30.5 Å². The Labute approximate surface area is 116 Å². The molecule has 1 atom stereocenters. The number of benzene rings is 1. The van der Waals surface area contributed by atoms with Crippen LogP contribution in [0, 0.1) is 3.57 Å². The molecule has 0 aromatic heterocycles. The van der Waals surface area contributed by atoms with Crippen LogP contribution in [0.3, 0.4) is 0 Å². The molecule has 1 fully saturated rings. The van der Waals surface area contributed by atoms with Gasteiger partial charge in [0.1, 0.15) is 0 Å². The summed E-state index contributed by atoms with van der Waals surface area (Å²) in [6, 6.07) is 9.06. The van der Waals surface area contributed by atoms with Gasteiger partial charge in [0.05, 0.1) is 13.2 Å². The van der Waals surface area contributed by atoms with Crippen LogP contribution in [0.4, 0.5) is 0 Å². The summed E-state index contributed by atoms with van der Waals surface area (Å²) >= 11 is 2.32. The van der Waals surface area contributed by atoms with Crippen LogP contribution in [-0.4, -0.2) is 32.6 Å². The summed E-state index contributed by atoms with van der Waals surface area (Å²) in [5.41, 5.74) is 1.35. The molecule has 3 nitrogen and oxygen atoms in total. The van der Waals surface area contributed by atoms with Gasteiger partial charge >= 0.3 is 0 Å². The molecule has 1 N–H and O–H groups in total. The lowest BCUT2D eigenvalue weighted by molar-refractivity contribution is -0.0522. The molecule has 1 heterocycles. The molecule has 1 aliphatic heterocycles. The van der Waals surface area contributed by atoms with Gasteiger partial charge in [-0.05, 0) is 53.8 Å². The maximum Gasteiger partial charge on any atom is 0.159 e. The third kappa shape index (κ3) is 4.21. The van der Waals surface area contributed by atoms with Crippen molar-refractivity contribution >= 4 is 22.6 Å². The summed E-state index contributed by atoms with van der Waals surface area (Å²) in [5.74, 6) is 0. The van der Waals surface area contributed by atoms with Crippen LogP contribution in [0.5, 0.6) is 0 Å². The highest BCUT2D eigenvalue weighted by atomic mass is 127. The Morgan fingerprint density at radius 1 is 1.29 bits per heavy atom. The number of rotatable bonds is 5. The molecule has 0 spiro atoms. The van der Waals surface area contributed by atoms with Crippen LogP contribution in [0.2, 0.25) is 0 Å². The van der Waals surface area contributed by atoms with Crippen molar-refractivity contribution in [1.82, 2.24) is 5.32 Å². The predicted octanol–water partition coefficient (Wildman–Crippen LogP) is 2.18. The van der Waals surface area contributed by atoms with Gasteiger partial charge in [0.2, 0.25) is 0 Å². The zero-order valence-electron chi connectivity index (χ0n) is 9.99. The van der Waals surface area contributed by atoms with Crippen molar-refractivity contribution in [2.75, 3.05) is 20.3 Å². The Morgan fingerprint density at radius 2 is 1.94 bits per heavy atom. The molecule has 94 valence electrons. The summed E-state index contributed by atoms with van der Waals surface area (Å²) in [6.45, 7) is 1.45. The second kappa shape index (κ2) is 6.68. The molecule has 0 bridgehead atoms. The minimum atomic E-state index is -0.0312. The van der Waals surface area contributed by atoms with Crippen molar-refractivity contribution in [2.45, 2.75) is 25.2 Å². The van der Waals surface area contributed by atoms with Crippen molar-refractivity contribution in [3.05, 3.63) is 33.4 Å². The molecule has 0 amide bonds. The largest absolute Gasteiger partial charge is 0.350 e. The van der Waals surface area contributed by atoms with Gasteiger partial charge in [-0.2, -0.15) is 0 Å². The average Bonchev–Trinajstić information content (AvgIpc) is 2.84. The molecular weight excluding hydrogens is 329 g/mol. The number of likely N-dealkylation sites (N-methyl/N-ethyl adjacent to an activating group) is 1. The second-order valence-electron chi connectivity index (χ2n) is 4.22. The summed E-state index contributed by atoms with van der Waals surface area (Å²) < 4.78 is 12.2. The molecule has 4 heteroatoms. The van der Waals surface area contributed by atoms with E-state index in [4.69, 9.17) is 9.47 Å². The maximum atomic E-state index is 5.48. The first-order valence-corrected chi connectivity index (χ1v) is 7.00. The van der Waals surface area contributed by atoms with Crippen LogP contribution >= 0.6 is 22.6 Å². The number of hydrogen-bond acceptors (Lipinski definition) is 3. The number of ether oxygens (including phenoxy) is 2. The summed E-state index contributed by atoms with van der Waals surface area (Å²) in [5, 5.41) is 3.33. The van der Waals surface area contributed by atoms with E-state index in [2.05, 4.69) is 52.2 Å². The molecule has 1 aliphatic rings. The Hall–Kier alpha value is -0.170. The predicted molar refractivity (Wildman–Crippen MR) is 76.0 cm³/mol. The Kier molecular flexibility index (Phi) is 5.21. The van der Waals surface area contributed by atoms with E-state index >= 15 is 0 Å². The van der Waals surface area contributed by atoms with Gasteiger partial charge in [-0.3, -0.25) is 0 Å². The van der Waals surface area contributed by atoms with Gasteiger partial charge in [0.25, 0.3) is 0 Å². The normalized spacial score (nSPS) is 18.5. The number of hydrogen-bond donors (Lipinski definition) is 1. The van der Waals surface area contributed by atoms with E-state index in [9.17, 15) is 0 Å². The van der Waals surface area contributed by atoms with Gasteiger partial charge in [0.15, 0.2) is 6.29 Å². The number of halogens is 1. The van der Waals surface area contributed by atoms with Gasteiger partial charge in [0, 0.05) is 16.0 Å². The molecule has 1 saturated heterocycles. The second-order valence-corrected chi connectivity index (χ2v) is 5.47. The quantitative estimate of drug-likeness (QED) is 0.829. The van der Waals surface area contributed by atoms with Crippen LogP contribution in [0.1, 0.15) is 12.0 Å². The highest BCUT2D eigenvalue weighted by Gasteiger charge is 2.20. The van der Waals surface area contributed by atoms with Crippen LogP contribution in [0.25, 0.3) is 0 Å². The van der Waals surface area contributed by atoms with Crippen LogP contribution in [0.15, 0.2) is 24.3 Å². The van der Waals surface area contributed by atoms with E-state index in [1.54, 1.807) is 0 Å². The molecule has 0 aliphatic carbocycles. The van der Waals surface area contributed by atoms with Crippen LogP contribution in [-0.2, 0) is 15.9 Å². The first-order chi connectivity index (χ1) is 8.28. The number of nitrogens with one attached hydrogen (secondary N) is 1. The van der Waals surface area contributed by atoms with Crippen molar-refractivity contribution in [2.24, 2.45) is 0 Å². The van der Waals surface area contributed by atoms with Gasteiger partial charge in [-0.15, -0.1) is 0 Å². The molecule has 2 rings (SSSR count). The summed E-state index contributed by atoms with van der Waals surface area (Å²) in [6.07, 6.45) is 1.88. The molecule has 1 aromatic carbocycles. The molecule has 17 heavy (non-hydrogen) atoms. The van der Waals surface area contributed by atoms with E-state index in [1.807, 2.05) is 7.05 Å². The van der Waals surface area contributed by atoms with Crippen molar-refractivity contribution in [3.63, 3.8) is 0 Å². The lowest BCUT2D eigenvalue weighted by Crippen LogP contribution is -2.32. The molecule has 1 aromatic rings. The lowest BCUT2D eigenvalue weighted by atomic mass is 10.0. The standard InChI is InChI=1S/C13H18INO2/c1-15-12(9-13-16-6-7-17-13)8-10-2-4-11(14)5-3-10/h2-5,12-13,15H,6-9H2,1H3. The van der Waals surface area contributed by atoms with Gasteiger partial charge in [-0.1, -0.05) is 12.1 Å². The maximum absolute atomic E-state index is 5.48. The zero-order chi connectivity index (χ0) is 12.1. The first-order valence-electron chi connectivity index (χ1n) is 5.93. The molecule has 0 radical (unpaired) electrons. The monoisotopic (exact) mass is 347 g/mol. The minimum Gasteiger partial charge on any atom is -0.350 e. The fourth-order valence-corrected chi connectivity index (χ4v) is 2.34. The lowest BCUT2D eigenvalue weighted by Gasteiger charge is -2.19. The Balaban J connectivity index is 1.87. The van der Waals surface area contributed by atoms with Crippen molar-refractivity contribution in [1.29, 1.82) is 0 Å². The smallest absolute Gasteiger partial charge is 0.159 e. The SMILES string of the molecule is CNC(Cc1ccc(I)cc1)CC1OCCO1. The highest BCUT2D eigenvalue weighted by molar-refractivity contribution is 14.1. The van der Waals surface area contributed by atoms with E-state index < -0.39 is 0 Å². The summed E-state index contributed by atoms with van der Waals surface area (Å²) in [7, 11) is 1.99. The molecular formula is C13H18INO2. The Bertz CT molecular complexity index is 336. The van der Waals surface area contributed by atoms with Crippen LogP contribution < -0.4 is 5.32 Å². The van der Waals surface area contributed by atoms with E-state index in [1.165, 1.54) is 9.13 Å². The fraction of sp³-hybridized carbons (Fsp3) is 0.538. The van der Waals surface area contributed by atoms with E-state index in [0.717, 1.165) is 26.1 Å². The Morgan fingerprint density at radius 3 is 2.53 bits per heavy atom. The van der Waals surface area contributed by atoms with Gasteiger partial charge in [-0.25, -0.2) is 0 Å². The average molecular weight is 347 g/mol. The minimum absolute atomic E-state index is 0.0312. The van der Waals surface area contributed by atoms with Crippen molar-refractivity contribution < 1.29 is 9.47 Å². The zero-order valence-corrected chi connectivity index (χ0v) is 12.1. The molecule has 0 saturated carbocycles. The van der Waals surface area contributed by atoms with E-state index in [-0.39, 0.29) is 6.29 Å². The van der Waals surface area contributed by atoms with Crippen molar-refractivity contribution in [3.8, 4) is 0 Å². The van der Waals surface area contributed by atoms with Gasteiger partial charge < -0.3 is 14.8 Å². The third-order valence-electron chi connectivity index (χ3n) is 2.97.